The van der Waals surface area contributed by atoms with Crippen LogP contribution in [0.4, 0.5) is 5.69 Å². The van der Waals surface area contributed by atoms with Gasteiger partial charge in [0.05, 0.1) is 35.5 Å². The number of anilines is 1. The minimum atomic E-state index is 0.0281. The lowest BCUT2D eigenvalue weighted by Gasteiger charge is -2.08. The van der Waals surface area contributed by atoms with Crippen LogP contribution in [0.5, 0.6) is 0 Å². The van der Waals surface area contributed by atoms with Gasteiger partial charge in [-0.2, -0.15) is 5.10 Å². The minimum Gasteiger partial charge on any atom is -0.472 e. The van der Waals surface area contributed by atoms with E-state index in [1.165, 1.54) is 0 Å². The second-order valence-electron chi connectivity index (χ2n) is 8.55. The van der Waals surface area contributed by atoms with Crippen molar-refractivity contribution in [1.29, 1.82) is 0 Å². The van der Waals surface area contributed by atoms with E-state index < -0.39 is 0 Å². The molecular weight excluding hydrogens is 438 g/mol. The molecule has 7 heteroatoms. The molecule has 0 fully saturated rings. The number of nitrogens with one attached hydrogen (secondary N) is 3. The van der Waals surface area contributed by atoms with Gasteiger partial charge in [-0.1, -0.05) is 25.1 Å². The van der Waals surface area contributed by atoms with Crippen molar-refractivity contribution in [2.75, 3.05) is 5.32 Å². The van der Waals surface area contributed by atoms with Crippen molar-refractivity contribution >= 4 is 33.4 Å². The number of benzene rings is 2. The van der Waals surface area contributed by atoms with Crippen LogP contribution in [-0.4, -0.2) is 26.1 Å². The van der Waals surface area contributed by atoms with Crippen LogP contribution in [0.3, 0.4) is 0 Å². The van der Waals surface area contributed by atoms with E-state index in [9.17, 15) is 4.79 Å². The number of rotatable bonds is 6. The third-order valence-electron chi connectivity index (χ3n) is 6.15. The summed E-state index contributed by atoms with van der Waals surface area (Å²) >= 11 is 0. The summed E-state index contributed by atoms with van der Waals surface area (Å²) in [4.78, 5) is 19.9. The summed E-state index contributed by atoms with van der Waals surface area (Å²) in [5, 5.41) is 12.8. The number of fused-ring (bicyclic) bond motifs is 2. The van der Waals surface area contributed by atoms with Gasteiger partial charge in [0.15, 0.2) is 0 Å². The Morgan fingerprint density at radius 3 is 2.74 bits per heavy atom. The van der Waals surface area contributed by atoms with Gasteiger partial charge in [-0.15, -0.1) is 0 Å². The van der Waals surface area contributed by atoms with E-state index in [0.29, 0.717) is 6.42 Å². The Balaban J connectivity index is 1.40. The van der Waals surface area contributed by atoms with Gasteiger partial charge in [0.1, 0.15) is 5.69 Å². The Labute approximate surface area is 201 Å². The highest BCUT2D eigenvalue weighted by Gasteiger charge is 2.15. The average molecular weight is 462 g/mol. The first-order valence-electron chi connectivity index (χ1n) is 11.6. The Bertz CT molecular complexity index is 1660. The largest absolute Gasteiger partial charge is 0.472 e. The lowest BCUT2D eigenvalue weighted by Crippen LogP contribution is -2.10. The van der Waals surface area contributed by atoms with E-state index in [2.05, 4.69) is 43.7 Å². The maximum absolute atomic E-state index is 12.0. The van der Waals surface area contributed by atoms with Crippen LogP contribution in [0, 0.1) is 0 Å². The quantitative estimate of drug-likeness (QED) is 0.255. The zero-order chi connectivity index (χ0) is 23.8. The van der Waals surface area contributed by atoms with Gasteiger partial charge in [-0.3, -0.25) is 14.9 Å². The predicted octanol–water partition coefficient (Wildman–Crippen LogP) is 6.77. The van der Waals surface area contributed by atoms with Crippen molar-refractivity contribution in [3.63, 3.8) is 0 Å². The molecule has 1 amide bonds. The SMILES string of the molecule is CCCC(=O)Nc1cccc(-c2ccc3[nH]nc(-c4cc5c(-c6ccoc6)cncc5[nH]4)c3c2)c1. The normalized spacial score (nSPS) is 11.3. The highest BCUT2D eigenvalue weighted by molar-refractivity contribution is 6.01. The number of amides is 1. The maximum atomic E-state index is 12.0. The molecular formula is C28H23N5O2. The Kier molecular flexibility index (Phi) is 5.15. The van der Waals surface area contributed by atoms with Crippen molar-refractivity contribution in [3.05, 3.63) is 79.5 Å². The van der Waals surface area contributed by atoms with Crippen LogP contribution in [-0.2, 0) is 4.79 Å². The Morgan fingerprint density at radius 1 is 0.971 bits per heavy atom. The monoisotopic (exact) mass is 461 g/mol. The van der Waals surface area contributed by atoms with Crippen LogP contribution < -0.4 is 5.32 Å². The molecule has 0 saturated heterocycles. The smallest absolute Gasteiger partial charge is 0.224 e. The zero-order valence-electron chi connectivity index (χ0n) is 19.1. The summed E-state index contributed by atoms with van der Waals surface area (Å²) in [6.07, 6.45) is 8.38. The maximum Gasteiger partial charge on any atom is 0.224 e. The third-order valence-corrected chi connectivity index (χ3v) is 6.15. The lowest BCUT2D eigenvalue weighted by atomic mass is 10.0. The molecule has 172 valence electrons. The molecule has 6 rings (SSSR count). The van der Waals surface area contributed by atoms with Crippen molar-refractivity contribution in [1.82, 2.24) is 20.2 Å². The lowest BCUT2D eigenvalue weighted by molar-refractivity contribution is -0.116. The van der Waals surface area contributed by atoms with E-state index in [-0.39, 0.29) is 5.91 Å². The van der Waals surface area contributed by atoms with Crippen LogP contribution in [0.1, 0.15) is 19.8 Å². The van der Waals surface area contributed by atoms with Gasteiger partial charge < -0.3 is 14.7 Å². The molecule has 0 aliphatic carbocycles. The number of aromatic amines is 2. The van der Waals surface area contributed by atoms with E-state index in [4.69, 9.17) is 4.42 Å². The van der Waals surface area contributed by atoms with Crippen molar-refractivity contribution in [2.45, 2.75) is 19.8 Å². The molecule has 0 unspecified atom stereocenters. The highest BCUT2D eigenvalue weighted by atomic mass is 16.3. The standard InChI is InChI=1S/C28H23N5O2/c1-2-4-27(34)30-20-6-3-5-17(11-20)18-7-8-24-22(12-18)28(33-32-24)25-13-21-23(19-9-10-35-16-19)14-29-15-26(21)31-25/h3,5-16,31H,2,4H2,1H3,(H,30,34)(H,32,33). The van der Waals surface area contributed by atoms with Crippen molar-refractivity contribution in [3.8, 4) is 33.6 Å². The average Bonchev–Trinajstić information content (AvgIpc) is 3.63. The van der Waals surface area contributed by atoms with Gasteiger partial charge in [-0.05, 0) is 53.9 Å². The fourth-order valence-corrected chi connectivity index (χ4v) is 4.45. The number of nitrogens with zero attached hydrogens (tertiary/aromatic N) is 2. The molecule has 0 saturated carbocycles. The second-order valence-corrected chi connectivity index (χ2v) is 8.55. The second kappa shape index (κ2) is 8.61. The molecule has 0 atom stereocenters. The van der Waals surface area contributed by atoms with Crippen molar-refractivity contribution in [2.24, 2.45) is 0 Å². The van der Waals surface area contributed by atoms with Crippen LogP contribution in [0.15, 0.2) is 83.9 Å². The molecule has 2 aromatic carbocycles. The van der Waals surface area contributed by atoms with Gasteiger partial charge in [0.25, 0.3) is 0 Å². The summed E-state index contributed by atoms with van der Waals surface area (Å²) in [6.45, 7) is 2.00. The summed E-state index contributed by atoms with van der Waals surface area (Å²) in [5.41, 5.74) is 8.47. The summed E-state index contributed by atoms with van der Waals surface area (Å²) in [5.74, 6) is 0.0281. The van der Waals surface area contributed by atoms with E-state index in [0.717, 1.165) is 67.6 Å². The molecule has 0 aliphatic rings. The van der Waals surface area contributed by atoms with E-state index in [1.807, 2.05) is 55.7 Å². The minimum absolute atomic E-state index is 0.0281. The molecule has 0 bridgehead atoms. The fraction of sp³-hybridized carbons (Fsp3) is 0.107. The Hall–Kier alpha value is -4.65. The highest BCUT2D eigenvalue weighted by Crippen LogP contribution is 2.35. The summed E-state index contributed by atoms with van der Waals surface area (Å²) < 4.78 is 5.27. The van der Waals surface area contributed by atoms with E-state index in [1.54, 1.807) is 12.5 Å². The predicted molar refractivity (Wildman–Crippen MR) is 138 cm³/mol. The molecule has 0 aliphatic heterocycles. The van der Waals surface area contributed by atoms with Crippen LogP contribution in [0.2, 0.25) is 0 Å². The van der Waals surface area contributed by atoms with Crippen LogP contribution >= 0.6 is 0 Å². The van der Waals surface area contributed by atoms with Crippen molar-refractivity contribution < 1.29 is 9.21 Å². The first-order chi connectivity index (χ1) is 17.2. The number of pyridine rings is 1. The van der Waals surface area contributed by atoms with Gasteiger partial charge in [0, 0.05) is 40.2 Å². The molecule has 0 spiro atoms. The van der Waals surface area contributed by atoms with E-state index >= 15 is 0 Å². The molecule has 4 aromatic heterocycles. The number of hydrogen-bond donors (Lipinski definition) is 3. The topological polar surface area (TPSA) is 99.6 Å². The summed E-state index contributed by atoms with van der Waals surface area (Å²) in [7, 11) is 0. The first-order valence-corrected chi connectivity index (χ1v) is 11.6. The third kappa shape index (κ3) is 3.87. The fourth-order valence-electron chi connectivity index (χ4n) is 4.45. The van der Waals surface area contributed by atoms with Gasteiger partial charge in [-0.25, -0.2) is 0 Å². The number of carbonyl (C=O) groups excluding carboxylic acids is 1. The number of furan rings is 1. The van der Waals surface area contributed by atoms with Gasteiger partial charge >= 0.3 is 0 Å². The van der Waals surface area contributed by atoms with Crippen LogP contribution in [0.25, 0.3) is 55.4 Å². The molecule has 35 heavy (non-hydrogen) atoms. The first kappa shape index (κ1) is 20.9. The molecule has 3 N–H and O–H groups in total. The molecule has 7 nitrogen and oxygen atoms in total. The zero-order valence-corrected chi connectivity index (χ0v) is 19.1. The number of hydrogen-bond acceptors (Lipinski definition) is 4. The molecule has 0 radical (unpaired) electrons. The number of H-pyrrole nitrogens is 2. The Morgan fingerprint density at radius 2 is 1.89 bits per heavy atom. The summed E-state index contributed by atoms with van der Waals surface area (Å²) in [6, 6.07) is 18.2. The molecule has 4 heterocycles. The van der Waals surface area contributed by atoms with Gasteiger partial charge in [0.2, 0.25) is 5.91 Å². The number of carbonyl (C=O) groups is 1. The number of aromatic nitrogens is 4. The molecule has 6 aromatic rings.